The molecule has 2 aromatic rings. The van der Waals surface area contributed by atoms with Crippen molar-refractivity contribution in [1.82, 2.24) is 4.98 Å². The Kier molecular flexibility index (Phi) is 3.34. The molecular formula is C16H21BN2O3. The molecule has 0 spiro atoms. The average molecular weight is 300 g/mol. The molecule has 1 saturated heterocycles. The van der Waals surface area contributed by atoms with Crippen LogP contribution in [0.2, 0.25) is 0 Å². The van der Waals surface area contributed by atoms with Crippen molar-refractivity contribution in [3.63, 3.8) is 0 Å². The van der Waals surface area contributed by atoms with E-state index in [9.17, 15) is 4.79 Å². The second kappa shape index (κ2) is 4.86. The van der Waals surface area contributed by atoms with E-state index in [-0.39, 0.29) is 17.1 Å². The number of aromatic amines is 1. The Morgan fingerprint density at radius 3 is 2.36 bits per heavy atom. The number of benzene rings is 1. The van der Waals surface area contributed by atoms with Crippen LogP contribution < -0.4 is 10.8 Å². The van der Waals surface area contributed by atoms with Crippen molar-refractivity contribution in [3.8, 4) is 0 Å². The molecule has 1 amide bonds. The first-order valence-corrected chi connectivity index (χ1v) is 7.44. The topological polar surface area (TPSA) is 63.4 Å². The maximum atomic E-state index is 11.3. The Hall–Kier alpha value is -1.79. The Balaban J connectivity index is 2.03. The summed E-state index contributed by atoms with van der Waals surface area (Å²) in [5.41, 5.74) is 1.84. The van der Waals surface area contributed by atoms with Gasteiger partial charge in [0.05, 0.1) is 22.4 Å². The second-order valence-electron chi connectivity index (χ2n) is 6.74. The number of rotatable bonds is 2. The van der Waals surface area contributed by atoms with Crippen LogP contribution in [0.25, 0.3) is 10.9 Å². The van der Waals surface area contributed by atoms with E-state index in [1.54, 1.807) is 0 Å². The molecule has 0 unspecified atom stereocenters. The summed E-state index contributed by atoms with van der Waals surface area (Å²) in [5, 5.41) is 3.82. The summed E-state index contributed by atoms with van der Waals surface area (Å²) in [6.45, 7) is 9.64. The van der Waals surface area contributed by atoms with Crippen LogP contribution in [0.4, 0.5) is 5.69 Å². The van der Waals surface area contributed by atoms with E-state index in [0.717, 1.165) is 22.1 Å². The van der Waals surface area contributed by atoms with E-state index in [4.69, 9.17) is 9.31 Å². The molecule has 5 nitrogen and oxygen atoms in total. The summed E-state index contributed by atoms with van der Waals surface area (Å²) in [4.78, 5) is 14.5. The standard InChI is InChI=1S/C16H21BN2O3/c1-10(20)19-13-7-6-12(11-8-9-18-14(11)13)17-21-15(2,3)16(4,5)22-17/h6-9,18H,1-5H3,(H,19,20). The van der Waals surface area contributed by atoms with E-state index in [1.165, 1.54) is 6.92 Å². The number of carbonyl (C=O) groups excluding carboxylic acids is 1. The fourth-order valence-corrected chi connectivity index (χ4v) is 2.65. The average Bonchev–Trinajstić information content (AvgIpc) is 2.93. The minimum Gasteiger partial charge on any atom is -0.399 e. The molecule has 2 N–H and O–H groups in total. The van der Waals surface area contributed by atoms with Crippen molar-refractivity contribution in [1.29, 1.82) is 0 Å². The molecule has 1 aromatic heterocycles. The minimum absolute atomic E-state index is 0.0979. The number of fused-ring (bicyclic) bond motifs is 1. The molecule has 6 heteroatoms. The fourth-order valence-electron chi connectivity index (χ4n) is 2.65. The number of H-pyrrole nitrogens is 1. The Labute approximate surface area is 130 Å². The van der Waals surface area contributed by atoms with Gasteiger partial charge in [-0.05, 0) is 45.3 Å². The predicted molar refractivity (Wildman–Crippen MR) is 88.3 cm³/mol. The van der Waals surface area contributed by atoms with Crippen molar-refractivity contribution in [2.45, 2.75) is 45.8 Å². The summed E-state index contributed by atoms with van der Waals surface area (Å²) in [5.74, 6) is -0.0979. The van der Waals surface area contributed by atoms with Gasteiger partial charge < -0.3 is 19.6 Å². The van der Waals surface area contributed by atoms with Crippen molar-refractivity contribution in [3.05, 3.63) is 24.4 Å². The van der Waals surface area contributed by atoms with Crippen molar-refractivity contribution in [2.24, 2.45) is 0 Å². The second-order valence-corrected chi connectivity index (χ2v) is 6.74. The molecule has 1 fully saturated rings. The van der Waals surface area contributed by atoms with Crippen LogP contribution >= 0.6 is 0 Å². The van der Waals surface area contributed by atoms with E-state index in [2.05, 4.69) is 10.3 Å². The highest BCUT2D eigenvalue weighted by Crippen LogP contribution is 2.37. The molecular weight excluding hydrogens is 279 g/mol. The highest BCUT2D eigenvalue weighted by atomic mass is 16.7. The van der Waals surface area contributed by atoms with Crippen molar-refractivity contribution < 1.29 is 14.1 Å². The zero-order chi connectivity index (χ0) is 16.1. The molecule has 3 rings (SSSR count). The monoisotopic (exact) mass is 300 g/mol. The molecule has 1 aliphatic heterocycles. The van der Waals surface area contributed by atoms with Gasteiger partial charge in [0.2, 0.25) is 5.91 Å². The van der Waals surface area contributed by atoms with Gasteiger partial charge >= 0.3 is 7.12 Å². The van der Waals surface area contributed by atoms with Crippen LogP contribution in [0.1, 0.15) is 34.6 Å². The first-order chi connectivity index (χ1) is 10.2. The van der Waals surface area contributed by atoms with Crippen LogP contribution in [0.15, 0.2) is 24.4 Å². The van der Waals surface area contributed by atoms with Crippen LogP contribution in [0, 0.1) is 0 Å². The first-order valence-electron chi connectivity index (χ1n) is 7.44. The molecule has 0 saturated carbocycles. The Morgan fingerprint density at radius 2 is 1.77 bits per heavy atom. The minimum atomic E-state index is -0.422. The SMILES string of the molecule is CC(=O)Nc1ccc(B2OC(C)(C)C(C)(C)O2)c2cc[nH]c12. The number of hydrogen-bond donors (Lipinski definition) is 2. The summed E-state index contributed by atoms with van der Waals surface area (Å²) >= 11 is 0. The lowest BCUT2D eigenvalue weighted by Gasteiger charge is -2.32. The van der Waals surface area contributed by atoms with E-state index < -0.39 is 7.12 Å². The summed E-state index contributed by atoms with van der Waals surface area (Å²) in [6, 6.07) is 5.80. The van der Waals surface area contributed by atoms with Gasteiger partial charge in [0.1, 0.15) is 0 Å². The number of aromatic nitrogens is 1. The zero-order valence-electron chi connectivity index (χ0n) is 13.6. The zero-order valence-corrected chi connectivity index (χ0v) is 13.6. The molecule has 1 aromatic carbocycles. The highest BCUT2D eigenvalue weighted by Gasteiger charge is 2.52. The molecule has 2 heterocycles. The number of anilines is 1. The maximum Gasteiger partial charge on any atom is 0.495 e. The third kappa shape index (κ3) is 2.32. The van der Waals surface area contributed by atoms with Gasteiger partial charge in [0.15, 0.2) is 0 Å². The van der Waals surface area contributed by atoms with Gasteiger partial charge in [-0.1, -0.05) is 6.07 Å². The molecule has 0 aliphatic carbocycles. The van der Waals surface area contributed by atoms with E-state index in [0.29, 0.717) is 0 Å². The molecule has 22 heavy (non-hydrogen) atoms. The van der Waals surface area contributed by atoms with Crippen LogP contribution in [0.3, 0.4) is 0 Å². The van der Waals surface area contributed by atoms with Gasteiger partial charge in [-0.3, -0.25) is 4.79 Å². The van der Waals surface area contributed by atoms with Crippen molar-refractivity contribution >= 4 is 35.1 Å². The van der Waals surface area contributed by atoms with Gasteiger partial charge in [-0.25, -0.2) is 0 Å². The van der Waals surface area contributed by atoms with Crippen LogP contribution in [-0.4, -0.2) is 29.2 Å². The van der Waals surface area contributed by atoms with Gasteiger partial charge in [-0.15, -0.1) is 0 Å². The van der Waals surface area contributed by atoms with Crippen LogP contribution in [0.5, 0.6) is 0 Å². The number of carbonyl (C=O) groups is 1. The number of nitrogens with one attached hydrogen (secondary N) is 2. The quantitative estimate of drug-likeness (QED) is 0.837. The van der Waals surface area contributed by atoms with Gasteiger partial charge in [-0.2, -0.15) is 0 Å². The van der Waals surface area contributed by atoms with E-state index in [1.807, 2.05) is 52.1 Å². The first kappa shape index (κ1) is 15.1. The third-order valence-corrected chi connectivity index (χ3v) is 4.57. The number of amides is 1. The smallest absolute Gasteiger partial charge is 0.399 e. The summed E-state index contributed by atoms with van der Waals surface area (Å²) < 4.78 is 12.3. The molecule has 0 bridgehead atoms. The summed E-state index contributed by atoms with van der Waals surface area (Å²) in [7, 11) is -0.422. The lowest BCUT2D eigenvalue weighted by Crippen LogP contribution is -2.41. The Bertz CT molecular complexity index is 720. The Morgan fingerprint density at radius 1 is 1.14 bits per heavy atom. The summed E-state index contributed by atoms with van der Waals surface area (Å²) in [6.07, 6.45) is 1.85. The normalized spacial score (nSPS) is 19.6. The largest absolute Gasteiger partial charge is 0.495 e. The van der Waals surface area contributed by atoms with E-state index >= 15 is 0 Å². The highest BCUT2D eigenvalue weighted by molar-refractivity contribution is 6.65. The lowest BCUT2D eigenvalue weighted by molar-refractivity contribution is -0.114. The molecule has 0 radical (unpaired) electrons. The van der Waals surface area contributed by atoms with Gasteiger partial charge in [0, 0.05) is 18.5 Å². The third-order valence-electron chi connectivity index (χ3n) is 4.57. The predicted octanol–water partition coefficient (Wildman–Crippen LogP) is 2.43. The van der Waals surface area contributed by atoms with Crippen molar-refractivity contribution in [2.75, 3.05) is 5.32 Å². The fraction of sp³-hybridized carbons (Fsp3) is 0.438. The molecule has 0 atom stereocenters. The molecule has 1 aliphatic rings. The van der Waals surface area contributed by atoms with Gasteiger partial charge in [0.25, 0.3) is 0 Å². The number of hydrogen-bond acceptors (Lipinski definition) is 3. The van der Waals surface area contributed by atoms with Crippen LogP contribution in [-0.2, 0) is 14.1 Å². The lowest BCUT2D eigenvalue weighted by atomic mass is 9.77. The molecule has 116 valence electrons. The maximum absolute atomic E-state index is 11.3.